The van der Waals surface area contributed by atoms with Crippen molar-refractivity contribution in [1.82, 2.24) is 15.5 Å². The zero-order valence-electron chi connectivity index (χ0n) is 15.4. The molecule has 1 aromatic heterocycles. The van der Waals surface area contributed by atoms with E-state index in [0.717, 1.165) is 17.2 Å². The lowest BCUT2D eigenvalue weighted by Gasteiger charge is -2.18. The number of carbonyl (C=O) groups excluding carboxylic acids is 1. The molecular weight excluding hydrogens is 328 g/mol. The van der Waals surface area contributed by atoms with Crippen LogP contribution in [0.3, 0.4) is 0 Å². The summed E-state index contributed by atoms with van der Waals surface area (Å²) in [7, 11) is 0. The number of urea groups is 1. The Balaban J connectivity index is 1.56. The van der Waals surface area contributed by atoms with Gasteiger partial charge in [0, 0.05) is 24.8 Å². The third kappa shape index (κ3) is 4.29. The number of benzene rings is 1. The van der Waals surface area contributed by atoms with Gasteiger partial charge in [0.2, 0.25) is 0 Å². The summed E-state index contributed by atoms with van der Waals surface area (Å²) in [5.74, 6) is 1.24. The molecule has 0 bridgehead atoms. The molecule has 1 aliphatic rings. The molecule has 1 fully saturated rings. The molecule has 1 aliphatic heterocycles. The van der Waals surface area contributed by atoms with E-state index in [2.05, 4.69) is 34.7 Å². The van der Waals surface area contributed by atoms with Crippen LogP contribution in [0, 0.1) is 6.92 Å². The minimum absolute atomic E-state index is 0.145. The number of hydrogen-bond donors (Lipinski definition) is 3. The van der Waals surface area contributed by atoms with Crippen LogP contribution in [0.2, 0.25) is 0 Å². The number of amides is 2. The van der Waals surface area contributed by atoms with Crippen molar-refractivity contribution in [2.24, 2.45) is 5.73 Å². The van der Waals surface area contributed by atoms with Gasteiger partial charge in [0.1, 0.15) is 0 Å². The van der Waals surface area contributed by atoms with Crippen LogP contribution in [0.25, 0.3) is 0 Å². The summed E-state index contributed by atoms with van der Waals surface area (Å²) >= 11 is 0. The van der Waals surface area contributed by atoms with Crippen LogP contribution in [-0.2, 0) is 0 Å². The largest absolute Gasteiger partial charge is 0.351 e. The minimum atomic E-state index is -0.250. The number of carbonyl (C=O) groups is 1. The van der Waals surface area contributed by atoms with Crippen LogP contribution in [0.5, 0.6) is 0 Å². The second-order valence-electron chi connectivity index (χ2n) is 7.08. The first-order valence-corrected chi connectivity index (χ1v) is 8.90. The maximum atomic E-state index is 12.3. The van der Waals surface area contributed by atoms with E-state index in [1.165, 1.54) is 5.56 Å². The molecule has 2 heterocycles. The number of aromatic nitrogens is 2. The first kappa shape index (κ1) is 18.1. The van der Waals surface area contributed by atoms with Gasteiger partial charge in [-0.15, -0.1) is 5.10 Å². The highest BCUT2D eigenvalue weighted by Gasteiger charge is 2.32. The van der Waals surface area contributed by atoms with E-state index in [0.29, 0.717) is 19.0 Å². The highest BCUT2D eigenvalue weighted by molar-refractivity contribution is 5.89. The van der Waals surface area contributed by atoms with E-state index in [1.54, 1.807) is 0 Å². The van der Waals surface area contributed by atoms with E-state index in [-0.39, 0.29) is 18.1 Å². The Hall–Kier alpha value is -2.67. The number of aryl methyl sites for hydroxylation is 1. The molecule has 0 radical (unpaired) electrons. The molecule has 1 saturated heterocycles. The number of nitrogens with zero attached hydrogens (tertiary/aromatic N) is 3. The van der Waals surface area contributed by atoms with E-state index in [1.807, 2.05) is 48.2 Å². The standard InChI is InChI=1S/C19H26N6O/c1-12(2)14-5-7-15(8-6-14)21-19(26)22-17-11-25(10-16(17)20)18-9-4-13(3)23-24-18/h4-9,12,16-17H,10-11,20H2,1-3H3,(H2,21,22,26)/t16-,17+/m0/s1. The fourth-order valence-electron chi connectivity index (χ4n) is 3.02. The van der Waals surface area contributed by atoms with Crippen molar-refractivity contribution >= 4 is 17.5 Å². The monoisotopic (exact) mass is 354 g/mol. The zero-order valence-corrected chi connectivity index (χ0v) is 15.4. The highest BCUT2D eigenvalue weighted by atomic mass is 16.2. The van der Waals surface area contributed by atoms with Gasteiger partial charge in [0.25, 0.3) is 0 Å². The normalized spacial score (nSPS) is 19.7. The average molecular weight is 354 g/mol. The maximum absolute atomic E-state index is 12.3. The molecule has 0 spiro atoms. The van der Waals surface area contributed by atoms with E-state index in [4.69, 9.17) is 5.73 Å². The van der Waals surface area contributed by atoms with Gasteiger partial charge in [0.05, 0.1) is 11.7 Å². The van der Waals surface area contributed by atoms with E-state index >= 15 is 0 Å². The fraction of sp³-hybridized carbons (Fsp3) is 0.421. The van der Waals surface area contributed by atoms with Crippen LogP contribution in [-0.4, -0.2) is 41.4 Å². The van der Waals surface area contributed by atoms with Gasteiger partial charge in [-0.3, -0.25) is 0 Å². The van der Waals surface area contributed by atoms with Crippen molar-refractivity contribution in [3.05, 3.63) is 47.7 Å². The van der Waals surface area contributed by atoms with Crippen LogP contribution >= 0.6 is 0 Å². The smallest absolute Gasteiger partial charge is 0.319 e. The lowest BCUT2D eigenvalue weighted by atomic mass is 10.0. The molecule has 0 saturated carbocycles. The summed E-state index contributed by atoms with van der Waals surface area (Å²) in [5, 5.41) is 14.1. The lowest BCUT2D eigenvalue weighted by Crippen LogP contribution is -2.48. The number of rotatable bonds is 4. The second kappa shape index (κ2) is 7.70. The zero-order chi connectivity index (χ0) is 18.7. The summed E-state index contributed by atoms with van der Waals surface area (Å²) < 4.78 is 0. The number of hydrogen-bond acceptors (Lipinski definition) is 5. The molecule has 0 unspecified atom stereocenters. The summed E-state index contributed by atoms with van der Waals surface area (Å²) in [5.41, 5.74) is 9.07. The van der Waals surface area contributed by atoms with Gasteiger partial charge in [-0.25, -0.2) is 4.79 Å². The summed E-state index contributed by atoms with van der Waals surface area (Å²) in [6, 6.07) is 11.2. The van der Waals surface area contributed by atoms with Gasteiger partial charge in [-0.05, 0) is 42.7 Å². The van der Waals surface area contributed by atoms with Crippen LogP contribution in [0.4, 0.5) is 16.3 Å². The minimum Gasteiger partial charge on any atom is -0.351 e. The molecule has 2 amide bonds. The van der Waals surface area contributed by atoms with Crippen LogP contribution < -0.4 is 21.3 Å². The Bertz CT molecular complexity index is 744. The Morgan fingerprint density at radius 3 is 2.50 bits per heavy atom. The Morgan fingerprint density at radius 2 is 1.88 bits per heavy atom. The van der Waals surface area contributed by atoms with Crippen molar-refractivity contribution < 1.29 is 4.79 Å². The molecule has 7 nitrogen and oxygen atoms in total. The first-order chi connectivity index (χ1) is 12.4. The predicted octanol–water partition coefficient (Wildman–Crippen LogP) is 2.25. The summed E-state index contributed by atoms with van der Waals surface area (Å²) in [6.45, 7) is 7.42. The average Bonchev–Trinajstić information content (AvgIpc) is 2.96. The van der Waals surface area contributed by atoms with Crippen molar-refractivity contribution in [3.8, 4) is 0 Å². The lowest BCUT2D eigenvalue weighted by molar-refractivity contribution is 0.248. The van der Waals surface area contributed by atoms with Gasteiger partial charge >= 0.3 is 6.03 Å². The summed E-state index contributed by atoms with van der Waals surface area (Å²) in [6.07, 6.45) is 0. The number of nitrogens with two attached hydrogens (primary N) is 1. The van der Waals surface area contributed by atoms with Crippen LogP contribution in [0.1, 0.15) is 31.0 Å². The molecule has 2 aromatic rings. The van der Waals surface area contributed by atoms with Crippen molar-refractivity contribution in [2.75, 3.05) is 23.3 Å². The third-order valence-electron chi connectivity index (χ3n) is 4.62. The quantitative estimate of drug-likeness (QED) is 0.782. The van der Waals surface area contributed by atoms with E-state index < -0.39 is 0 Å². The van der Waals surface area contributed by atoms with Gasteiger partial charge < -0.3 is 21.3 Å². The molecular formula is C19H26N6O. The van der Waals surface area contributed by atoms with E-state index in [9.17, 15) is 4.79 Å². The molecule has 7 heteroatoms. The molecule has 1 aromatic carbocycles. The Morgan fingerprint density at radius 1 is 1.15 bits per heavy atom. The molecule has 3 rings (SSSR count). The topological polar surface area (TPSA) is 96.2 Å². The third-order valence-corrected chi connectivity index (χ3v) is 4.62. The molecule has 0 aliphatic carbocycles. The second-order valence-corrected chi connectivity index (χ2v) is 7.08. The Labute approximate surface area is 154 Å². The predicted molar refractivity (Wildman–Crippen MR) is 103 cm³/mol. The maximum Gasteiger partial charge on any atom is 0.319 e. The van der Waals surface area contributed by atoms with Gasteiger partial charge in [-0.1, -0.05) is 26.0 Å². The van der Waals surface area contributed by atoms with Gasteiger partial charge in [0.15, 0.2) is 5.82 Å². The van der Waals surface area contributed by atoms with Crippen molar-refractivity contribution in [1.29, 1.82) is 0 Å². The molecule has 26 heavy (non-hydrogen) atoms. The summed E-state index contributed by atoms with van der Waals surface area (Å²) in [4.78, 5) is 14.3. The SMILES string of the molecule is Cc1ccc(N2C[C@H](N)[C@H](NC(=O)Nc3ccc(C(C)C)cc3)C2)nn1. The molecule has 2 atom stereocenters. The number of nitrogens with one attached hydrogen (secondary N) is 2. The van der Waals surface area contributed by atoms with Crippen molar-refractivity contribution in [2.45, 2.75) is 38.8 Å². The van der Waals surface area contributed by atoms with Crippen LogP contribution in [0.15, 0.2) is 36.4 Å². The van der Waals surface area contributed by atoms with Gasteiger partial charge in [-0.2, -0.15) is 5.10 Å². The molecule has 4 N–H and O–H groups in total. The Kier molecular flexibility index (Phi) is 5.37. The highest BCUT2D eigenvalue weighted by Crippen LogP contribution is 2.18. The van der Waals surface area contributed by atoms with Crippen molar-refractivity contribution in [3.63, 3.8) is 0 Å². The number of anilines is 2. The molecule has 138 valence electrons. The fourth-order valence-corrected chi connectivity index (χ4v) is 3.02. The first-order valence-electron chi connectivity index (χ1n) is 8.90.